The van der Waals surface area contributed by atoms with Crippen LogP contribution in [0.4, 0.5) is 0 Å². The van der Waals surface area contributed by atoms with Gasteiger partial charge in [-0.25, -0.2) is 4.79 Å². The number of hydrogen-bond acceptors (Lipinski definition) is 1. The predicted octanol–water partition coefficient (Wildman–Crippen LogP) is 2.42. The molecule has 16 heavy (non-hydrogen) atoms. The summed E-state index contributed by atoms with van der Waals surface area (Å²) in [6.07, 6.45) is 0.771. The van der Waals surface area contributed by atoms with Crippen molar-refractivity contribution in [2.75, 3.05) is 0 Å². The van der Waals surface area contributed by atoms with Crippen LogP contribution in [-0.4, -0.2) is 9.97 Å². The van der Waals surface area contributed by atoms with Crippen molar-refractivity contribution in [3.8, 4) is 0 Å². The van der Waals surface area contributed by atoms with E-state index in [1.165, 1.54) is 5.56 Å². The van der Waals surface area contributed by atoms with Crippen LogP contribution in [0.1, 0.15) is 36.7 Å². The van der Waals surface area contributed by atoms with Crippen LogP contribution in [-0.2, 0) is 6.42 Å². The Balaban J connectivity index is 2.31. The molecule has 0 aliphatic carbocycles. The molecular formula is C13H16N2O. The Morgan fingerprint density at radius 2 is 1.81 bits per heavy atom. The number of aromatic nitrogens is 2. The first-order valence-corrected chi connectivity index (χ1v) is 5.52. The van der Waals surface area contributed by atoms with E-state index in [-0.39, 0.29) is 5.69 Å². The molecule has 0 aliphatic heterocycles. The second-order valence-electron chi connectivity index (χ2n) is 4.29. The number of nitrogens with one attached hydrogen (secondary N) is 2. The van der Waals surface area contributed by atoms with Gasteiger partial charge in [-0.15, -0.1) is 0 Å². The van der Waals surface area contributed by atoms with Gasteiger partial charge in [-0.3, -0.25) is 0 Å². The molecule has 0 saturated heterocycles. The second kappa shape index (κ2) is 4.39. The molecule has 2 rings (SSSR count). The fraction of sp³-hybridized carbons (Fsp3) is 0.308. The fourth-order valence-corrected chi connectivity index (χ4v) is 1.87. The molecule has 3 heteroatoms. The molecule has 2 aromatic rings. The largest absolute Gasteiger partial charge is 0.323 e. The van der Waals surface area contributed by atoms with E-state index in [1.807, 2.05) is 18.2 Å². The third-order valence-corrected chi connectivity index (χ3v) is 2.64. The molecule has 0 fully saturated rings. The van der Waals surface area contributed by atoms with Crippen LogP contribution in [0.15, 0.2) is 35.1 Å². The van der Waals surface area contributed by atoms with Gasteiger partial charge >= 0.3 is 5.69 Å². The van der Waals surface area contributed by atoms with Gasteiger partial charge < -0.3 is 9.97 Å². The number of H-pyrrole nitrogens is 2. The van der Waals surface area contributed by atoms with E-state index in [4.69, 9.17) is 0 Å². The Morgan fingerprint density at radius 3 is 2.44 bits per heavy atom. The Labute approximate surface area is 94.5 Å². The zero-order valence-electron chi connectivity index (χ0n) is 9.58. The van der Waals surface area contributed by atoms with Crippen molar-refractivity contribution in [2.24, 2.45) is 0 Å². The first-order chi connectivity index (χ1) is 7.66. The van der Waals surface area contributed by atoms with Gasteiger partial charge in [0.05, 0.1) is 0 Å². The van der Waals surface area contributed by atoms with Crippen LogP contribution in [0.5, 0.6) is 0 Å². The summed E-state index contributed by atoms with van der Waals surface area (Å²) in [5.41, 5.74) is 3.09. The van der Waals surface area contributed by atoms with E-state index in [0.717, 1.165) is 17.8 Å². The summed E-state index contributed by atoms with van der Waals surface area (Å²) in [6, 6.07) is 10.1. The van der Waals surface area contributed by atoms with Crippen molar-refractivity contribution in [2.45, 2.75) is 26.2 Å². The van der Waals surface area contributed by atoms with E-state index in [0.29, 0.717) is 5.92 Å². The Hall–Kier alpha value is -1.77. The Bertz CT molecular complexity index is 508. The highest BCUT2D eigenvalue weighted by molar-refractivity contribution is 5.25. The summed E-state index contributed by atoms with van der Waals surface area (Å²) in [7, 11) is 0. The van der Waals surface area contributed by atoms with Gasteiger partial charge in [-0.1, -0.05) is 44.2 Å². The van der Waals surface area contributed by atoms with Crippen molar-refractivity contribution in [1.29, 1.82) is 0 Å². The normalized spacial score (nSPS) is 10.9. The molecule has 84 valence electrons. The Kier molecular flexibility index (Phi) is 2.95. The van der Waals surface area contributed by atoms with Crippen LogP contribution in [0.25, 0.3) is 0 Å². The van der Waals surface area contributed by atoms with Gasteiger partial charge in [0, 0.05) is 17.8 Å². The first kappa shape index (κ1) is 10.7. The van der Waals surface area contributed by atoms with Crippen LogP contribution in [0, 0.1) is 0 Å². The van der Waals surface area contributed by atoms with Gasteiger partial charge in [0.15, 0.2) is 0 Å². The number of hydrogen-bond donors (Lipinski definition) is 2. The van der Waals surface area contributed by atoms with Gasteiger partial charge in [-0.05, 0) is 11.5 Å². The number of rotatable bonds is 3. The molecular weight excluding hydrogens is 200 g/mol. The second-order valence-corrected chi connectivity index (χ2v) is 4.29. The van der Waals surface area contributed by atoms with E-state index in [1.54, 1.807) is 0 Å². The maximum Gasteiger partial charge on any atom is 0.323 e. The summed E-state index contributed by atoms with van der Waals surface area (Å²) in [6.45, 7) is 4.15. The van der Waals surface area contributed by atoms with Crippen LogP contribution in [0.3, 0.4) is 0 Å². The smallest absolute Gasteiger partial charge is 0.309 e. The highest BCUT2D eigenvalue weighted by Gasteiger charge is 2.10. The average molecular weight is 216 g/mol. The third-order valence-electron chi connectivity index (χ3n) is 2.64. The van der Waals surface area contributed by atoms with Gasteiger partial charge in [0.1, 0.15) is 0 Å². The lowest BCUT2D eigenvalue weighted by Crippen LogP contribution is -2.01. The van der Waals surface area contributed by atoms with Crippen LogP contribution in [0.2, 0.25) is 0 Å². The highest BCUT2D eigenvalue weighted by atomic mass is 16.1. The third kappa shape index (κ3) is 2.24. The molecule has 0 spiro atoms. The molecule has 0 saturated carbocycles. The van der Waals surface area contributed by atoms with E-state index in [2.05, 4.69) is 35.9 Å². The number of benzene rings is 1. The van der Waals surface area contributed by atoms with Crippen molar-refractivity contribution < 1.29 is 0 Å². The Morgan fingerprint density at radius 1 is 1.12 bits per heavy atom. The van der Waals surface area contributed by atoms with Gasteiger partial charge in [0.2, 0.25) is 0 Å². The SMILES string of the molecule is CC(C)c1[nH]c(=O)[nH]c1Cc1ccccc1. The summed E-state index contributed by atoms with van der Waals surface area (Å²) < 4.78 is 0. The standard InChI is InChI=1S/C13H16N2O/c1-9(2)12-11(14-13(16)15-12)8-10-6-4-3-5-7-10/h3-7,9H,8H2,1-2H3,(H2,14,15,16). The van der Waals surface area contributed by atoms with Crippen LogP contribution < -0.4 is 5.69 Å². The molecule has 1 aromatic heterocycles. The summed E-state index contributed by atoms with van der Waals surface area (Å²) in [5, 5.41) is 0. The minimum atomic E-state index is -0.116. The summed E-state index contributed by atoms with van der Waals surface area (Å²) in [5.74, 6) is 0.331. The lowest BCUT2D eigenvalue weighted by Gasteiger charge is -2.06. The molecule has 3 nitrogen and oxygen atoms in total. The first-order valence-electron chi connectivity index (χ1n) is 5.52. The van der Waals surface area contributed by atoms with Gasteiger partial charge in [-0.2, -0.15) is 0 Å². The molecule has 1 aromatic carbocycles. The molecule has 0 bridgehead atoms. The zero-order chi connectivity index (χ0) is 11.5. The monoisotopic (exact) mass is 216 g/mol. The summed E-state index contributed by atoms with van der Waals surface area (Å²) >= 11 is 0. The molecule has 0 aliphatic rings. The van der Waals surface area contributed by atoms with Crippen LogP contribution >= 0.6 is 0 Å². The minimum absolute atomic E-state index is 0.116. The zero-order valence-corrected chi connectivity index (χ0v) is 9.58. The van der Waals surface area contributed by atoms with E-state index in [9.17, 15) is 4.79 Å². The number of imidazole rings is 1. The van der Waals surface area contributed by atoms with E-state index >= 15 is 0 Å². The summed E-state index contributed by atoms with van der Waals surface area (Å²) in [4.78, 5) is 17.0. The fourth-order valence-electron chi connectivity index (χ4n) is 1.87. The lowest BCUT2D eigenvalue weighted by molar-refractivity contribution is 0.812. The lowest BCUT2D eigenvalue weighted by atomic mass is 10.0. The molecule has 0 atom stereocenters. The molecule has 0 amide bonds. The van der Waals surface area contributed by atoms with Gasteiger partial charge in [0.25, 0.3) is 0 Å². The molecule has 2 N–H and O–H groups in total. The molecule has 1 heterocycles. The van der Waals surface area contributed by atoms with Crippen molar-refractivity contribution >= 4 is 0 Å². The predicted molar refractivity (Wildman–Crippen MR) is 64.8 cm³/mol. The quantitative estimate of drug-likeness (QED) is 0.813. The van der Waals surface area contributed by atoms with E-state index < -0.39 is 0 Å². The highest BCUT2D eigenvalue weighted by Crippen LogP contribution is 2.16. The maximum atomic E-state index is 11.3. The van der Waals surface area contributed by atoms with Crippen molar-refractivity contribution in [3.63, 3.8) is 0 Å². The average Bonchev–Trinajstić information content (AvgIpc) is 2.61. The minimum Gasteiger partial charge on any atom is -0.309 e. The van der Waals surface area contributed by atoms with Crippen molar-refractivity contribution in [1.82, 2.24) is 9.97 Å². The molecule has 0 radical (unpaired) electrons. The molecule has 0 unspecified atom stereocenters. The van der Waals surface area contributed by atoms with Crippen molar-refractivity contribution in [3.05, 3.63) is 57.8 Å². The topological polar surface area (TPSA) is 48.6 Å². The maximum absolute atomic E-state index is 11.3. The number of aromatic amines is 2.